The molecule has 222 valence electrons. The summed E-state index contributed by atoms with van der Waals surface area (Å²) in [6, 6.07) is 22.2. The molecule has 44 heavy (non-hydrogen) atoms. The fraction of sp³-hybridized carbons (Fsp3) is 0.273. The number of H-pyrrole nitrogens is 1. The third kappa shape index (κ3) is 4.32. The van der Waals surface area contributed by atoms with E-state index in [-0.39, 0.29) is 70.0 Å². The number of benzene rings is 3. The molecule has 1 aromatic heterocycles. The molecule has 0 radical (unpaired) electrons. The highest BCUT2D eigenvalue weighted by Gasteiger charge is 2.69. The Balaban J connectivity index is 1.09. The largest absolute Gasteiger partial charge is 0.484 e. The van der Waals surface area contributed by atoms with E-state index in [2.05, 4.69) is 10.3 Å². The number of nitrogens with one attached hydrogen (secondary N) is 2. The van der Waals surface area contributed by atoms with Gasteiger partial charge in [-0.2, -0.15) is 0 Å². The number of ether oxygens (including phenoxy) is 1. The Morgan fingerprint density at radius 2 is 1.70 bits per heavy atom. The van der Waals surface area contributed by atoms with Crippen LogP contribution in [0.5, 0.6) is 5.75 Å². The van der Waals surface area contributed by atoms with Crippen molar-refractivity contribution in [1.29, 1.82) is 0 Å². The molecule has 8 rings (SSSR count). The average molecular weight is 628 g/mol. The molecule has 2 aliphatic heterocycles. The molecule has 3 heterocycles. The van der Waals surface area contributed by atoms with E-state index in [0.29, 0.717) is 17.1 Å². The van der Waals surface area contributed by atoms with Crippen molar-refractivity contribution in [3.8, 4) is 5.75 Å². The van der Waals surface area contributed by atoms with Crippen molar-refractivity contribution >= 4 is 52.2 Å². The monoisotopic (exact) mass is 627 g/mol. The summed E-state index contributed by atoms with van der Waals surface area (Å²) in [7, 11) is 0. The SMILES string of the molecule is O=C(COc1cccc([C@@H]2c3sc(=O)[nH]c3S[C@@H]3[C@@H]4C[C@@H]([C@@H]5C(=O)N(c6ccccc6)C(=O)[C@@H]45)[C@H]23)c1)Nc1ccc(F)cc1. The second-order valence-corrected chi connectivity index (χ2v) is 13.9. The molecule has 11 heteroatoms. The van der Waals surface area contributed by atoms with Crippen molar-refractivity contribution in [2.75, 3.05) is 16.8 Å². The van der Waals surface area contributed by atoms with Gasteiger partial charge < -0.3 is 15.0 Å². The van der Waals surface area contributed by atoms with Crippen LogP contribution in [0.15, 0.2) is 88.7 Å². The molecule has 3 aromatic carbocycles. The molecule has 3 amide bonds. The first-order valence-corrected chi connectivity index (χ1v) is 16.2. The summed E-state index contributed by atoms with van der Waals surface area (Å²) in [4.78, 5) is 57.9. The van der Waals surface area contributed by atoms with E-state index in [1.54, 1.807) is 30.0 Å². The van der Waals surface area contributed by atoms with Gasteiger partial charge in [0, 0.05) is 21.7 Å². The van der Waals surface area contributed by atoms with Crippen LogP contribution in [0.4, 0.5) is 15.8 Å². The summed E-state index contributed by atoms with van der Waals surface area (Å²) < 4.78 is 19.1. The number of imide groups is 1. The zero-order chi connectivity index (χ0) is 30.1. The van der Waals surface area contributed by atoms with E-state index in [4.69, 9.17) is 4.74 Å². The number of halogens is 1. The molecular weight excluding hydrogens is 602 g/mol. The maximum atomic E-state index is 13.9. The number of rotatable bonds is 6. The summed E-state index contributed by atoms with van der Waals surface area (Å²) in [6.45, 7) is -0.240. The van der Waals surface area contributed by atoms with Gasteiger partial charge in [0.05, 0.1) is 22.5 Å². The van der Waals surface area contributed by atoms with Crippen LogP contribution in [0.2, 0.25) is 0 Å². The number of aromatic amines is 1. The highest BCUT2D eigenvalue weighted by Crippen LogP contribution is 2.68. The number of thioether (sulfide) groups is 1. The molecule has 3 fully saturated rings. The van der Waals surface area contributed by atoms with Gasteiger partial charge in [0.15, 0.2) is 6.61 Å². The van der Waals surface area contributed by atoms with E-state index in [1.165, 1.54) is 40.5 Å². The van der Waals surface area contributed by atoms with Gasteiger partial charge in [-0.15, -0.1) is 11.8 Å². The van der Waals surface area contributed by atoms with Crippen LogP contribution >= 0.6 is 23.1 Å². The van der Waals surface area contributed by atoms with E-state index in [1.807, 2.05) is 36.4 Å². The maximum Gasteiger partial charge on any atom is 0.305 e. The Bertz CT molecular complexity index is 1860. The highest BCUT2D eigenvalue weighted by atomic mass is 32.2. The Morgan fingerprint density at radius 1 is 0.955 bits per heavy atom. The summed E-state index contributed by atoms with van der Waals surface area (Å²) in [5.41, 5.74) is 2.02. The second-order valence-electron chi connectivity index (χ2n) is 11.7. The number of aromatic nitrogens is 1. The van der Waals surface area contributed by atoms with E-state index in [9.17, 15) is 23.6 Å². The van der Waals surface area contributed by atoms with Crippen LogP contribution in [0, 0.1) is 35.4 Å². The lowest BCUT2D eigenvalue weighted by atomic mass is 9.68. The highest BCUT2D eigenvalue weighted by molar-refractivity contribution is 8.00. The van der Waals surface area contributed by atoms with Gasteiger partial charge in [-0.25, -0.2) is 4.39 Å². The number of amides is 3. The molecule has 4 aromatic rings. The summed E-state index contributed by atoms with van der Waals surface area (Å²) >= 11 is 2.84. The minimum atomic E-state index is -0.390. The van der Waals surface area contributed by atoms with Crippen LogP contribution in [-0.2, 0) is 14.4 Å². The van der Waals surface area contributed by atoms with Crippen molar-refractivity contribution < 1.29 is 23.5 Å². The number of nitrogens with zero attached hydrogens (tertiary/aromatic N) is 1. The lowest BCUT2D eigenvalue weighted by molar-refractivity contribution is -0.123. The van der Waals surface area contributed by atoms with Crippen LogP contribution in [0.3, 0.4) is 0 Å². The fourth-order valence-corrected chi connectivity index (χ4v) is 10.8. The van der Waals surface area contributed by atoms with E-state index >= 15 is 0 Å². The van der Waals surface area contributed by atoms with Crippen LogP contribution < -0.4 is 19.8 Å². The minimum Gasteiger partial charge on any atom is -0.484 e. The topological polar surface area (TPSA) is 109 Å². The molecule has 2 saturated carbocycles. The predicted molar refractivity (Wildman–Crippen MR) is 164 cm³/mol. The first-order chi connectivity index (χ1) is 21.4. The molecule has 8 nitrogen and oxygen atoms in total. The third-order valence-electron chi connectivity index (χ3n) is 9.45. The molecule has 2 aliphatic carbocycles. The molecular formula is C33H26FN3O5S2. The number of hydrogen-bond acceptors (Lipinski definition) is 7. The van der Waals surface area contributed by atoms with Gasteiger partial charge in [-0.05, 0) is 78.3 Å². The van der Waals surface area contributed by atoms with Crippen LogP contribution in [0.1, 0.15) is 22.8 Å². The van der Waals surface area contributed by atoms with E-state index < -0.39 is 5.82 Å². The minimum absolute atomic E-state index is 0.00549. The van der Waals surface area contributed by atoms with Crippen molar-refractivity contribution in [1.82, 2.24) is 4.98 Å². The van der Waals surface area contributed by atoms with E-state index in [0.717, 1.165) is 21.9 Å². The zero-order valence-corrected chi connectivity index (χ0v) is 24.8. The van der Waals surface area contributed by atoms with Crippen molar-refractivity contribution in [2.24, 2.45) is 29.6 Å². The normalized spacial score (nSPS) is 28.0. The molecule has 2 bridgehead atoms. The van der Waals surface area contributed by atoms with Gasteiger partial charge in [0.1, 0.15) is 11.6 Å². The predicted octanol–water partition coefficient (Wildman–Crippen LogP) is 5.27. The van der Waals surface area contributed by atoms with Gasteiger partial charge in [-0.3, -0.25) is 24.1 Å². The Labute approximate surface area is 259 Å². The lowest BCUT2D eigenvalue weighted by Gasteiger charge is -2.43. The molecule has 0 spiro atoms. The lowest BCUT2D eigenvalue weighted by Crippen LogP contribution is -2.42. The van der Waals surface area contributed by atoms with Crippen LogP contribution in [-0.4, -0.2) is 34.6 Å². The Kier molecular flexibility index (Phi) is 6.49. The number of para-hydroxylation sites is 1. The number of hydrogen-bond donors (Lipinski definition) is 2. The number of fused-ring (bicyclic) bond motifs is 9. The molecule has 7 atom stereocenters. The van der Waals surface area contributed by atoms with Crippen LogP contribution in [0.25, 0.3) is 0 Å². The third-order valence-corrected chi connectivity index (χ3v) is 12.0. The number of carbonyl (C=O) groups is 3. The van der Waals surface area contributed by atoms with Crippen molar-refractivity contribution in [3.63, 3.8) is 0 Å². The Morgan fingerprint density at radius 3 is 2.48 bits per heavy atom. The van der Waals surface area contributed by atoms with Gasteiger partial charge in [-0.1, -0.05) is 41.7 Å². The summed E-state index contributed by atoms with van der Waals surface area (Å²) in [5, 5.41) is 3.59. The smallest absolute Gasteiger partial charge is 0.305 e. The van der Waals surface area contributed by atoms with Gasteiger partial charge in [0.25, 0.3) is 5.91 Å². The molecule has 0 unspecified atom stereocenters. The van der Waals surface area contributed by atoms with Gasteiger partial charge >= 0.3 is 4.87 Å². The fourth-order valence-electron chi connectivity index (χ4n) is 7.90. The Hall–Kier alpha value is -4.22. The number of thiazole rings is 1. The zero-order valence-electron chi connectivity index (χ0n) is 23.1. The quantitative estimate of drug-likeness (QED) is 0.282. The molecule has 4 aliphatic rings. The average Bonchev–Trinajstić information content (AvgIpc) is 3.76. The van der Waals surface area contributed by atoms with Crippen molar-refractivity contribution in [2.45, 2.75) is 22.6 Å². The first-order valence-electron chi connectivity index (χ1n) is 14.5. The summed E-state index contributed by atoms with van der Waals surface area (Å²) in [5.74, 6) is -1.35. The maximum absolute atomic E-state index is 13.9. The van der Waals surface area contributed by atoms with Crippen molar-refractivity contribution in [3.05, 3.63) is 105 Å². The molecule has 1 saturated heterocycles. The standard InChI is InChI=1S/C33H26FN3O5S2/c34-17-9-11-18(12-10-17)35-23(38)15-42-20-8-4-5-16(13-20)24-25-21-14-22(28(25)43-30-29(24)44-33(41)36-30)27-26(21)31(39)37(32(27)40)19-6-2-1-3-7-19/h1-13,21-22,24-28H,14-15H2,(H,35,38)(H,36,41)/t21-,22-,24+,25-,26+,27+,28-/m1/s1. The first kappa shape index (κ1) is 27.3. The van der Waals surface area contributed by atoms with Gasteiger partial charge in [0.2, 0.25) is 11.8 Å². The number of carbonyl (C=O) groups excluding carboxylic acids is 3. The molecule has 2 N–H and O–H groups in total. The summed E-state index contributed by atoms with van der Waals surface area (Å²) in [6.07, 6.45) is 0.799. The number of anilines is 2. The second kappa shape index (κ2) is 10.4.